The van der Waals surface area contributed by atoms with Crippen LogP contribution >= 0.6 is 0 Å². The van der Waals surface area contributed by atoms with Crippen LogP contribution in [0.2, 0.25) is 0 Å². The van der Waals surface area contributed by atoms with Crippen molar-refractivity contribution < 1.29 is 19.4 Å². The van der Waals surface area contributed by atoms with Crippen LogP contribution in [0.15, 0.2) is 24.5 Å². The van der Waals surface area contributed by atoms with Crippen LogP contribution in [0.4, 0.5) is 0 Å². The van der Waals surface area contributed by atoms with Gasteiger partial charge in [-0.05, 0) is 12.1 Å². The lowest BCUT2D eigenvalue weighted by Gasteiger charge is -2.34. The van der Waals surface area contributed by atoms with Crippen molar-refractivity contribution in [2.45, 2.75) is 12.5 Å². The minimum Gasteiger partial charge on any atom is -0.481 e. The second-order valence-electron chi connectivity index (χ2n) is 4.76. The van der Waals surface area contributed by atoms with Gasteiger partial charge in [0.15, 0.2) is 11.3 Å². The molecule has 8 nitrogen and oxygen atoms in total. The number of hydrogen-bond donors (Lipinski definition) is 1. The molecule has 1 aliphatic heterocycles. The van der Waals surface area contributed by atoms with Gasteiger partial charge in [0.05, 0.1) is 31.9 Å². The van der Waals surface area contributed by atoms with E-state index in [0.29, 0.717) is 24.5 Å². The summed E-state index contributed by atoms with van der Waals surface area (Å²) in [6.07, 6.45) is 2.88. The van der Waals surface area contributed by atoms with E-state index in [4.69, 9.17) is 9.84 Å². The standard InChI is InChI=1S/C13H14N4O4/c18-12(19)6-9-8-21-5-4-16(9)13(20)10-7-14-11-2-1-3-15-17(10)11/h1-3,7,9H,4-6,8H2,(H,18,19)/t9-/m1/s1. The number of amides is 1. The normalized spacial score (nSPS) is 18.9. The second kappa shape index (κ2) is 5.49. The van der Waals surface area contributed by atoms with Gasteiger partial charge in [-0.2, -0.15) is 5.10 Å². The highest BCUT2D eigenvalue weighted by Crippen LogP contribution is 2.15. The molecule has 1 atom stereocenters. The van der Waals surface area contributed by atoms with Gasteiger partial charge in [0.2, 0.25) is 0 Å². The van der Waals surface area contributed by atoms with Crippen molar-refractivity contribution >= 4 is 17.5 Å². The molecule has 0 unspecified atom stereocenters. The van der Waals surface area contributed by atoms with E-state index in [1.807, 2.05) is 0 Å². The molecular weight excluding hydrogens is 276 g/mol. The van der Waals surface area contributed by atoms with E-state index in [2.05, 4.69) is 10.1 Å². The molecular formula is C13H14N4O4. The van der Waals surface area contributed by atoms with Crippen LogP contribution < -0.4 is 0 Å². The van der Waals surface area contributed by atoms with Crippen molar-refractivity contribution in [3.8, 4) is 0 Å². The molecule has 0 spiro atoms. The number of ether oxygens (including phenoxy) is 1. The molecule has 1 fully saturated rings. The summed E-state index contributed by atoms with van der Waals surface area (Å²) >= 11 is 0. The van der Waals surface area contributed by atoms with E-state index in [1.165, 1.54) is 15.6 Å². The minimum absolute atomic E-state index is 0.143. The predicted molar refractivity (Wildman–Crippen MR) is 70.9 cm³/mol. The third-order valence-electron chi connectivity index (χ3n) is 3.40. The van der Waals surface area contributed by atoms with E-state index in [9.17, 15) is 9.59 Å². The summed E-state index contributed by atoms with van der Waals surface area (Å²) in [6.45, 7) is 0.977. The summed E-state index contributed by atoms with van der Waals surface area (Å²) in [6, 6.07) is 3.01. The molecule has 0 aromatic carbocycles. The summed E-state index contributed by atoms with van der Waals surface area (Å²) in [5, 5.41) is 13.0. The van der Waals surface area contributed by atoms with Gasteiger partial charge in [-0.3, -0.25) is 9.59 Å². The Balaban J connectivity index is 1.90. The number of aliphatic carboxylic acids is 1. The number of fused-ring (bicyclic) bond motifs is 1. The molecule has 2 aromatic heterocycles. The molecule has 3 rings (SSSR count). The summed E-state index contributed by atoms with van der Waals surface area (Å²) in [5.41, 5.74) is 0.895. The molecule has 1 N–H and O–H groups in total. The van der Waals surface area contributed by atoms with Crippen LogP contribution in [0, 0.1) is 0 Å². The maximum atomic E-state index is 12.6. The predicted octanol–water partition coefficient (Wildman–Crippen LogP) is 0.0450. The Bertz CT molecular complexity index is 684. The molecule has 2 aromatic rings. The summed E-state index contributed by atoms with van der Waals surface area (Å²) in [7, 11) is 0. The zero-order chi connectivity index (χ0) is 14.8. The van der Waals surface area contributed by atoms with E-state index in [1.54, 1.807) is 18.3 Å². The monoisotopic (exact) mass is 290 g/mol. The highest BCUT2D eigenvalue weighted by molar-refractivity contribution is 5.93. The Morgan fingerprint density at radius 1 is 1.48 bits per heavy atom. The lowest BCUT2D eigenvalue weighted by Crippen LogP contribution is -2.49. The summed E-state index contributed by atoms with van der Waals surface area (Å²) < 4.78 is 6.73. The van der Waals surface area contributed by atoms with Gasteiger partial charge in [-0.15, -0.1) is 0 Å². The molecule has 21 heavy (non-hydrogen) atoms. The number of aromatic nitrogens is 3. The van der Waals surface area contributed by atoms with E-state index in [-0.39, 0.29) is 18.9 Å². The molecule has 1 saturated heterocycles. The van der Waals surface area contributed by atoms with Crippen LogP contribution in [0.5, 0.6) is 0 Å². The molecule has 1 amide bonds. The van der Waals surface area contributed by atoms with Gasteiger partial charge in [0, 0.05) is 12.7 Å². The van der Waals surface area contributed by atoms with Crippen LogP contribution in [-0.2, 0) is 9.53 Å². The molecule has 0 saturated carbocycles. The Morgan fingerprint density at radius 3 is 3.14 bits per heavy atom. The maximum absolute atomic E-state index is 12.6. The molecule has 0 radical (unpaired) electrons. The topological polar surface area (TPSA) is 97.0 Å². The molecule has 110 valence electrons. The van der Waals surface area contributed by atoms with E-state index in [0.717, 1.165) is 0 Å². The third kappa shape index (κ3) is 2.57. The quantitative estimate of drug-likeness (QED) is 0.857. The molecule has 1 aliphatic rings. The Labute approximate surface area is 119 Å². The lowest BCUT2D eigenvalue weighted by atomic mass is 10.1. The third-order valence-corrected chi connectivity index (χ3v) is 3.40. The van der Waals surface area contributed by atoms with Crippen molar-refractivity contribution in [3.63, 3.8) is 0 Å². The Morgan fingerprint density at radius 2 is 2.33 bits per heavy atom. The minimum atomic E-state index is -0.959. The number of imidazole rings is 1. The average Bonchev–Trinajstić information content (AvgIpc) is 2.90. The first-order chi connectivity index (χ1) is 10.2. The lowest BCUT2D eigenvalue weighted by molar-refractivity contribution is -0.139. The average molecular weight is 290 g/mol. The highest BCUT2D eigenvalue weighted by Gasteiger charge is 2.31. The van der Waals surface area contributed by atoms with E-state index < -0.39 is 12.0 Å². The van der Waals surface area contributed by atoms with Crippen molar-refractivity contribution in [2.24, 2.45) is 0 Å². The molecule has 0 aliphatic carbocycles. The van der Waals surface area contributed by atoms with Gasteiger partial charge in [-0.25, -0.2) is 9.50 Å². The zero-order valence-corrected chi connectivity index (χ0v) is 11.2. The van der Waals surface area contributed by atoms with Gasteiger partial charge < -0.3 is 14.7 Å². The van der Waals surface area contributed by atoms with Crippen molar-refractivity contribution in [1.82, 2.24) is 19.5 Å². The van der Waals surface area contributed by atoms with Crippen LogP contribution in [-0.4, -0.2) is 62.3 Å². The van der Waals surface area contributed by atoms with Gasteiger partial charge in [-0.1, -0.05) is 0 Å². The Hall–Kier alpha value is -2.48. The number of carbonyl (C=O) groups excluding carboxylic acids is 1. The van der Waals surface area contributed by atoms with Crippen molar-refractivity contribution in [1.29, 1.82) is 0 Å². The van der Waals surface area contributed by atoms with Gasteiger partial charge in [0.25, 0.3) is 5.91 Å². The fraction of sp³-hybridized carbons (Fsp3) is 0.385. The largest absolute Gasteiger partial charge is 0.481 e. The van der Waals surface area contributed by atoms with Crippen molar-refractivity contribution in [2.75, 3.05) is 19.8 Å². The number of carbonyl (C=O) groups is 2. The highest BCUT2D eigenvalue weighted by atomic mass is 16.5. The maximum Gasteiger partial charge on any atom is 0.305 e. The zero-order valence-electron chi connectivity index (χ0n) is 11.2. The first-order valence-corrected chi connectivity index (χ1v) is 6.56. The molecule has 0 bridgehead atoms. The fourth-order valence-corrected chi connectivity index (χ4v) is 2.42. The first kappa shape index (κ1) is 13.5. The van der Waals surface area contributed by atoms with Gasteiger partial charge >= 0.3 is 5.97 Å². The smallest absolute Gasteiger partial charge is 0.305 e. The van der Waals surface area contributed by atoms with Crippen LogP contribution in [0.1, 0.15) is 16.9 Å². The number of carboxylic acid groups (broad SMARTS) is 1. The fourth-order valence-electron chi connectivity index (χ4n) is 2.42. The number of hydrogen-bond acceptors (Lipinski definition) is 5. The van der Waals surface area contributed by atoms with E-state index >= 15 is 0 Å². The SMILES string of the molecule is O=C(O)C[C@@H]1COCCN1C(=O)c1cnc2cccnn12. The molecule has 8 heteroatoms. The Kier molecular flexibility index (Phi) is 3.53. The van der Waals surface area contributed by atoms with Crippen LogP contribution in [0.25, 0.3) is 5.65 Å². The summed E-state index contributed by atoms with van der Waals surface area (Å²) in [5.74, 6) is -1.24. The van der Waals surface area contributed by atoms with Crippen LogP contribution in [0.3, 0.4) is 0 Å². The number of nitrogens with zero attached hydrogens (tertiary/aromatic N) is 4. The van der Waals surface area contributed by atoms with Crippen molar-refractivity contribution in [3.05, 3.63) is 30.2 Å². The first-order valence-electron chi connectivity index (χ1n) is 6.56. The van der Waals surface area contributed by atoms with Gasteiger partial charge in [0.1, 0.15) is 0 Å². The second-order valence-corrected chi connectivity index (χ2v) is 4.76. The summed E-state index contributed by atoms with van der Waals surface area (Å²) in [4.78, 5) is 29.2. The number of carboxylic acids is 1. The number of morpholine rings is 1. The molecule has 3 heterocycles. The number of rotatable bonds is 3.